The van der Waals surface area contributed by atoms with Crippen LogP contribution in [0.5, 0.6) is 0 Å². The van der Waals surface area contributed by atoms with Crippen LogP contribution in [0.1, 0.15) is 24.5 Å². The molecule has 0 heterocycles. The predicted octanol–water partition coefficient (Wildman–Crippen LogP) is 5.47. The minimum Gasteiger partial charge on any atom is -0.399 e. The maximum atomic E-state index is 5.86. The van der Waals surface area contributed by atoms with Crippen molar-refractivity contribution in [3.63, 3.8) is 0 Å². The van der Waals surface area contributed by atoms with Crippen LogP contribution in [0.25, 0.3) is 11.1 Å². The van der Waals surface area contributed by atoms with Crippen LogP contribution >= 0.6 is 0 Å². The van der Waals surface area contributed by atoms with Crippen molar-refractivity contribution in [1.82, 2.24) is 0 Å². The standard InChI is InChI=1S/C13H13N.C9H13N/c1-10-7-8-12(9-13(10)14)11-5-3-2-4-6-11;1-2-5-8-6-3-4-7-9(8)10/h2-9H,14H2,1H3;3-4,6-7H,2,5,10H2,1H3. The Hall–Kier alpha value is -2.74. The van der Waals surface area contributed by atoms with Gasteiger partial charge < -0.3 is 11.5 Å². The fraction of sp³-hybridized carbons (Fsp3) is 0.182. The molecule has 2 nitrogen and oxygen atoms in total. The van der Waals surface area contributed by atoms with E-state index in [-0.39, 0.29) is 0 Å². The molecule has 3 rings (SSSR count). The SMILES string of the molecule is CCCc1ccccc1N.Cc1ccc(-c2ccccc2)cc1N. The molecular formula is C22H26N2. The molecule has 0 spiro atoms. The summed E-state index contributed by atoms with van der Waals surface area (Å²) in [5, 5.41) is 0. The van der Waals surface area contributed by atoms with Gasteiger partial charge in [-0.3, -0.25) is 0 Å². The van der Waals surface area contributed by atoms with Crippen molar-refractivity contribution in [2.24, 2.45) is 0 Å². The number of aryl methyl sites for hydroxylation is 2. The maximum absolute atomic E-state index is 5.86. The summed E-state index contributed by atoms with van der Waals surface area (Å²) in [5.41, 5.74) is 18.1. The molecule has 0 amide bonds. The predicted molar refractivity (Wildman–Crippen MR) is 106 cm³/mol. The largest absolute Gasteiger partial charge is 0.399 e. The van der Waals surface area contributed by atoms with Gasteiger partial charge in [0.2, 0.25) is 0 Å². The number of hydrogen-bond acceptors (Lipinski definition) is 2. The molecule has 3 aromatic carbocycles. The molecule has 0 radical (unpaired) electrons. The van der Waals surface area contributed by atoms with E-state index in [1.165, 1.54) is 16.7 Å². The number of nitrogen functional groups attached to an aromatic ring is 2. The molecule has 0 saturated carbocycles. The average Bonchev–Trinajstić information content (AvgIpc) is 2.61. The van der Waals surface area contributed by atoms with Gasteiger partial charge in [0, 0.05) is 11.4 Å². The van der Waals surface area contributed by atoms with Gasteiger partial charge in [-0.15, -0.1) is 0 Å². The molecule has 24 heavy (non-hydrogen) atoms. The zero-order valence-corrected chi connectivity index (χ0v) is 14.5. The van der Waals surface area contributed by atoms with Crippen molar-refractivity contribution in [2.75, 3.05) is 11.5 Å². The normalized spacial score (nSPS) is 9.92. The van der Waals surface area contributed by atoms with Gasteiger partial charge in [0.25, 0.3) is 0 Å². The Kier molecular flexibility index (Phi) is 6.44. The third-order valence-electron chi connectivity index (χ3n) is 3.96. The van der Waals surface area contributed by atoms with Crippen LogP contribution in [0, 0.1) is 6.92 Å². The number of anilines is 2. The summed E-state index contributed by atoms with van der Waals surface area (Å²) in [6.45, 7) is 4.18. The summed E-state index contributed by atoms with van der Waals surface area (Å²) in [6, 6.07) is 24.5. The van der Waals surface area contributed by atoms with Gasteiger partial charge in [-0.2, -0.15) is 0 Å². The number of para-hydroxylation sites is 1. The minimum absolute atomic E-state index is 0.853. The van der Waals surface area contributed by atoms with Crippen molar-refractivity contribution in [2.45, 2.75) is 26.7 Å². The van der Waals surface area contributed by atoms with Crippen LogP contribution in [0.4, 0.5) is 11.4 Å². The Morgan fingerprint density at radius 1 is 0.708 bits per heavy atom. The number of hydrogen-bond donors (Lipinski definition) is 2. The Bertz CT molecular complexity index is 764. The third kappa shape index (κ3) is 4.88. The van der Waals surface area contributed by atoms with Crippen molar-refractivity contribution in [3.8, 4) is 11.1 Å². The van der Waals surface area contributed by atoms with Crippen LogP contribution in [0.15, 0.2) is 72.8 Å². The van der Waals surface area contributed by atoms with E-state index in [1.54, 1.807) is 0 Å². The highest BCUT2D eigenvalue weighted by molar-refractivity contribution is 5.68. The molecule has 0 aliphatic carbocycles. The molecule has 0 unspecified atom stereocenters. The van der Waals surface area contributed by atoms with E-state index in [4.69, 9.17) is 11.5 Å². The van der Waals surface area contributed by atoms with E-state index in [9.17, 15) is 0 Å². The van der Waals surface area contributed by atoms with E-state index in [2.05, 4.69) is 37.3 Å². The summed E-state index contributed by atoms with van der Waals surface area (Å²) in [4.78, 5) is 0. The quantitative estimate of drug-likeness (QED) is 0.629. The van der Waals surface area contributed by atoms with Crippen molar-refractivity contribution in [3.05, 3.63) is 83.9 Å². The van der Waals surface area contributed by atoms with Gasteiger partial charge in [-0.1, -0.05) is 74.0 Å². The monoisotopic (exact) mass is 318 g/mol. The van der Waals surface area contributed by atoms with Crippen LogP contribution in [-0.4, -0.2) is 0 Å². The fourth-order valence-corrected chi connectivity index (χ4v) is 2.48. The minimum atomic E-state index is 0.853. The molecule has 4 N–H and O–H groups in total. The summed E-state index contributed by atoms with van der Waals surface area (Å²) < 4.78 is 0. The lowest BCUT2D eigenvalue weighted by atomic mass is 10.0. The highest BCUT2D eigenvalue weighted by Crippen LogP contribution is 2.23. The van der Waals surface area contributed by atoms with Crippen LogP contribution in [0.2, 0.25) is 0 Å². The first-order valence-electron chi connectivity index (χ1n) is 8.36. The van der Waals surface area contributed by atoms with E-state index >= 15 is 0 Å². The molecule has 0 aliphatic rings. The summed E-state index contributed by atoms with van der Waals surface area (Å²) in [7, 11) is 0. The van der Waals surface area contributed by atoms with Gasteiger partial charge in [0.15, 0.2) is 0 Å². The molecule has 0 fully saturated rings. The smallest absolute Gasteiger partial charge is 0.0349 e. The Morgan fingerprint density at radius 2 is 1.38 bits per heavy atom. The second-order valence-corrected chi connectivity index (χ2v) is 5.89. The second-order valence-electron chi connectivity index (χ2n) is 5.89. The van der Waals surface area contributed by atoms with E-state index in [1.807, 2.05) is 49.4 Å². The lowest BCUT2D eigenvalue weighted by molar-refractivity contribution is 0.924. The summed E-state index contributed by atoms with van der Waals surface area (Å²) in [6.07, 6.45) is 2.25. The first kappa shape index (κ1) is 17.6. The van der Waals surface area contributed by atoms with Gasteiger partial charge in [-0.25, -0.2) is 0 Å². The van der Waals surface area contributed by atoms with Gasteiger partial charge >= 0.3 is 0 Å². The molecule has 0 aliphatic heterocycles. The maximum Gasteiger partial charge on any atom is 0.0349 e. The highest BCUT2D eigenvalue weighted by atomic mass is 14.6. The lowest BCUT2D eigenvalue weighted by Crippen LogP contribution is -1.92. The van der Waals surface area contributed by atoms with Gasteiger partial charge in [0.1, 0.15) is 0 Å². The number of rotatable bonds is 3. The van der Waals surface area contributed by atoms with Crippen molar-refractivity contribution < 1.29 is 0 Å². The zero-order chi connectivity index (χ0) is 17.4. The number of nitrogens with two attached hydrogens (primary N) is 2. The topological polar surface area (TPSA) is 52.0 Å². The van der Waals surface area contributed by atoms with Crippen molar-refractivity contribution >= 4 is 11.4 Å². The molecular weight excluding hydrogens is 292 g/mol. The number of benzene rings is 3. The van der Waals surface area contributed by atoms with Crippen molar-refractivity contribution in [1.29, 1.82) is 0 Å². The fourth-order valence-electron chi connectivity index (χ4n) is 2.48. The Labute approximate surface area is 145 Å². The van der Waals surface area contributed by atoms with Crippen LogP contribution in [0.3, 0.4) is 0 Å². The lowest BCUT2D eigenvalue weighted by Gasteiger charge is -2.04. The van der Waals surface area contributed by atoms with Gasteiger partial charge in [-0.05, 0) is 47.7 Å². The van der Waals surface area contributed by atoms with Crippen LogP contribution in [-0.2, 0) is 6.42 Å². The first-order chi connectivity index (χ1) is 11.6. The molecule has 0 saturated heterocycles. The summed E-state index contributed by atoms with van der Waals surface area (Å²) >= 11 is 0. The zero-order valence-electron chi connectivity index (χ0n) is 14.5. The second kappa shape index (κ2) is 8.78. The van der Waals surface area contributed by atoms with Crippen LogP contribution < -0.4 is 11.5 Å². The molecule has 3 aromatic rings. The average molecular weight is 318 g/mol. The molecule has 124 valence electrons. The molecule has 2 heteroatoms. The van der Waals surface area contributed by atoms with E-state index in [0.29, 0.717) is 0 Å². The molecule has 0 aromatic heterocycles. The van der Waals surface area contributed by atoms with E-state index < -0.39 is 0 Å². The van der Waals surface area contributed by atoms with E-state index in [0.717, 1.165) is 29.8 Å². The van der Waals surface area contributed by atoms with Gasteiger partial charge in [0.05, 0.1) is 0 Å². The Balaban J connectivity index is 0.000000185. The third-order valence-corrected chi connectivity index (χ3v) is 3.96. The first-order valence-corrected chi connectivity index (χ1v) is 8.36. The molecule has 0 atom stereocenters. The molecule has 0 bridgehead atoms. The Morgan fingerprint density at radius 3 is 2.00 bits per heavy atom. The summed E-state index contributed by atoms with van der Waals surface area (Å²) in [5.74, 6) is 0. The highest BCUT2D eigenvalue weighted by Gasteiger charge is 1.98.